The van der Waals surface area contributed by atoms with Crippen LogP contribution in [-0.2, 0) is 5.54 Å². The highest BCUT2D eigenvalue weighted by molar-refractivity contribution is 6.10. The van der Waals surface area contributed by atoms with Crippen molar-refractivity contribution in [3.05, 3.63) is 175 Å². The van der Waals surface area contributed by atoms with Crippen molar-refractivity contribution in [1.82, 2.24) is 18.7 Å². The standard InChI is InChI=1S/C48H42N5/c1-33-15-13-16-34(2)47(33)35-27-28-49-46(29-35)53-42-22-10-9-21-40(42)41-26-25-39(31-45(41)53)52(36-17-7-6-8-18-36)38-20-14-19-37(30-38)50-32-51(48(3,4)5)44-24-12-11-23-43(44)50/h6-32H,1-5H3/q+1. The zero-order chi connectivity index (χ0) is 36.3. The van der Waals surface area contributed by atoms with Crippen LogP contribution < -0.4 is 4.90 Å². The SMILES string of the molecule is Cc1cccc(C)c1-c1ccnc(-n2c3ccccc3c3ccc(N(c4ccccc4)c4cccc(-n5[cH+]n(C(C)(C)C)c6ccccc65)c4)cc32)c1. The van der Waals surface area contributed by atoms with Crippen molar-refractivity contribution in [2.24, 2.45) is 0 Å². The second kappa shape index (κ2) is 12.6. The van der Waals surface area contributed by atoms with Crippen molar-refractivity contribution in [3.8, 4) is 22.6 Å². The van der Waals surface area contributed by atoms with Gasteiger partial charge in [-0.25, -0.2) is 9.55 Å². The molecule has 0 radical (unpaired) electrons. The molecule has 0 aliphatic heterocycles. The van der Waals surface area contributed by atoms with Crippen LogP contribution in [0, 0.1) is 13.8 Å². The molecule has 0 fully saturated rings. The highest BCUT2D eigenvalue weighted by Crippen LogP contribution is 2.40. The summed E-state index contributed by atoms with van der Waals surface area (Å²) in [5.74, 6) is 0.897. The Morgan fingerprint density at radius 2 is 1.19 bits per heavy atom. The van der Waals surface area contributed by atoms with Crippen LogP contribution in [0.5, 0.6) is 0 Å². The van der Waals surface area contributed by atoms with Gasteiger partial charge >= 0.3 is 0 Å². The van der Waals surface area contributed by atoms with E-state index < -0.39 is 0 Å². The monoisotopic (exact) mass is 688 g/mol. The normalized spacial score (nSPS) is 11.9. The van der Waals surface area contributed by atoms with Gasteiger partial charge in [0, 0.05) is 52.6 Å². The third-order valence-corrected chi connectivity index (χ3v) is 10.4. The number of aryl methyl sites for hydroxylation is 2. The van der Waals surface area contributed by atoms with E-state index in [2.05, 4.69) is 211 Å². The highest BCUT2D eigenvalue weighted by Gasteiger charge is 2.25. The second-order valence-electron chi connectivity index (χ2n) is 14.9. The van der Waals surface area contributed by atoms with Crippen molar-refractivity contribution >= 4 is 49.9 Å². The molecule has 9 aromatic rings. The first-order chi connectivity index (χ1) is 25.8. The molecular formula is C48H42N5+. The number of benzene rings is 6. The van der Waals surface area contributed by atoms with Gasteiger partial charge in [0.05, 0.1) is 22.3 Å². The molecule has 0 saturated carbocycles. The van der Waals surface area contributed by atoms with Crippen LogP contribution >= 0.6 is 0 Å². The molecule has 53 heavy (non-hydrogen) atoms. The molecule has 0 atom stereocenters. The lowest BCUT2D eigenvalue weighted by molar-refractivity contribution is 0.406. The largest absolute Gasteiger partial charge is 0.309 e. The maximum absolute atomic E-state index is 4.99. The summed E-state index contributed by atoms with van der Waals surface area (Å²) in [6, 6.07) is 54.5. The lowest BCUT2D eigenvalue weighted by Gasteiger charge is -2.25. The summed E-state index contributed by atoms with van der Waals surface area (Å²) in [6.07, 6.45) is 4.18. The van der Waals surface area contributed by atoms with Gasteiger partial charge in [0.2, 0.25) is 0 Å². The topological polar surface area (TPSA) is 30.9 Å². The minimum absolute atomic E-state index is 0.0699. The highest BCUT2D eigenvalue weighted by atomic mass is 15.2. The molecule has 258 valence electrons. The first kappa shape index (κ1) is 32.4. The fraction of sp³-hybridized carbons (Fsp3) is 0.125. The Morgan fingerprint density at radius 3 is 1.96 bits per heavy atom. The maximum Gasteiger partial charge on any atom is 0.191 e. The van der Waals surface area contributed by atoms with E-state index in [9.17, 15) is 0 Å². The van der Waals surface area contributed by atoms with Gasteiger partial charge in [-0.3, -0.25) is 4.57 Å². The fourth-order valence-corrected chi connectivity index (χ4v) is 7.97. The average molecular weight is 689 g/mol. The third-order valence-electron chi connectivity index (χ3n) is 10.4. The molecule has 9 rings (SSSR count). The van der Waals surface area contributed by atoms with Crippen molar-refractivity contribution in [3.63, 3.8) is 0 Å². The number of pyridine rings is 1. The summed E-state index contributed by atoms with van der Waals surface area (Å²) < 4.78 is 6.99. The zero-order valence-corrected chi connectivity index (χ0v) is 30.8. The van der Waals surface area contributed by atoms with Gasteiger partial charge in [-0.1, -0.05) is 60.7 Å². The summed E-state index contributed by atoms with van der Waals surface area (Å²) in [7, 11) is 0. The minimum atomic E-state index is -0.0699. The molecule has 0 amide bonds. The Morgan fingerprint density at radius 1 is 0.547 bits per heavy atom. The first-order valence-corrected chi connectivity index (χ1v) is 18.3. The quantitative estimate of drug-likeness (QED) is 0.163. The maximum atomic E-state index is 4.99. The van der Waals surface area contributed by atoms with E-state index in [-0.39, 0.29) is 5.54 Å². The number of hydrogen-bond acceptors (Lipinski definition) is 2. The number of aromatic nitrogens is 4. The summed E-state index contributed by atoms with van der Waals surface area (Å²) in [5.41, 5.74) is 13.8. The molecule has 6 aromatic carbocycles. The molecule has 5 heteroatoms. The van der Waals surface area contributed by atoms with Crippen LogP contribution in [0.4, 0.5) is 17.1 Å². The van der Waals surface area contributed by atoms with E-state index in [1.807, 2.05) is 6.20 Å². The number of para-hydroxylation sites is 4. The summed E-state index contributed by atoms with van der Waals surface area (Å²) in [5, 5.41) is 2.39. The molecule has 5 nitrogen and oxygen atoms in total. The first-order valence-electron chi connectivity index (χ1n) is 18.3. The third kappa shape index (κ3) is 5.57. The van der Waals surface area contributed by atoms with Crippen molar-refractivity contribution in [2.75, 3.05) is 4.90 Å². The molecule has 0 N–H and O–H groups in total. The molecule has 0 aliphatic carbocycles. The number of hydrogen-bond donors (Lipinski definition) is 0. The van der Waals surface area contributed by atoms with E-state index >= 15 is 0 Å². The van der Waals surface area contributed by atoms with Crippen molar-refractivity contribution in [2.45, 2.75) is 40.2 Å². The molecule has 0 aliphatic rings. The molecule has 3 aromatic heterocycles. The Kier molecular flexibility index (Phi) is 7.74. The van der Waals surface area contributed by atoms with E-state index in [0.29, 0.717) is 0 Å². The summed E-state index contributed by atoms with van der Waals surface area (Å²) >= 11 is 0. The Balaban J connectivity index is 1.24. The molecular weight excluding hydrogens is 647 g/mol. The lowest BCUT2D eigenvalue weighted by atomic mass is 9.96. The Labute approximate surface area is 310 Å². The average Bonchev–Trinajstić information content (AvgIpc) is 3.72. The van der Waals surface area contributed by atoms with Crippen LogP contribution in [0.2, 0.25) is 0 Å². The summed E-state index contributed by atoms with van der Waals surface area (Å²) in [6.45, 7) is 11.1. The van der Waals surface area contributed by atoms with Gasteiger partial charge in [0.15, 0.2) is 17.4 Å². The Hall–Kier alpha value is -6.46. The summed E-state index contributed by atoms with van der Waals surface area (Å²) in [4.78, 5) is 7.35. The predicted molar refractivity (Wildman–Crippen MR) is 222 cm³/mol. The van der Waals surface area contributed by atoms with Gasteiger partial charge in [0.1, 0.15) is 11.5 Å². The van der Waals surface area contributed by atoms with Crippen LogP contribution in [0.25, 0.3) is 55.5 Å². The van der Waals surface area contributed by atoms with Gasteiger partial charge in [-0.2, -0.15) is 4.57 Å². The van der Waals surface area contributed by atoms with Crippen LogP contribution in [0.1, 0.15) is 31.9 Å². The van der Waals surface area contributed by atoms with Gasteiger partial charge in [0.25, 0.3) is 0 Å². The second-order valence-corrected chi connectivity index (χ2v) is 14.9. The van der Waals surface area contributed by atoms with E-state index in [4.69, 9.17) is 4.98 Å². The van der Waals surface area contributed by atoms with Gasteiger partial charge < -0.3 is 4.90 Å². The number of rotatable bonds is 6. The predicted octanol–water partition coefficient (Wildman–Crippen LogP) is 12.7. The smallest absolute Gasteiger partial charge is 0.191 e. The number of imidazole rings is 1. The van der Waals surface area contributed by atoms with Crippen molar-refractivity contribution in [1.29, 1.82) is 0 Å². The molecule has 0 saturated heterocycles. The van der Waals surface area contributed by atoms with Crippen LogP contribution in [0.3, 0.4) is 0 Å². The van der Waals surface area contributed by atoms with E-state index in [0.717, 1.165) is 39.6 Å². The lowest BCUT2D eigenvalue weighted by Crippen LogP contribution is -2.20. The molecule has 0 spiro atoms. The zero-order valence-electron chi connectivity index (χ0n) is 30.8. The Bertz CT molecular complexity index is 2780. The van der Waals surface area contributed by atoms with E-state index in [1.54, 1.807) is 0 Å². The molecule has 0 unspecified atom stereocenters. The number of anilines is 3. The number of nitrogens with zero attached hydrogens (tertiary/aromatic N) is 5. The molecule has 3 heterocycles. The van der Waals surface area contributed by atoms with Crippen LogP contribution in [0.15, 0.2) is 164 Å². The van der Waals surface area contributed by atoms with Gasteiger partial charge in [-0.05, 0) is 124 Å². The minimum Gasteiger partial charge on any atom is -0.309 e. The fourth-order valence-electron chi connectivity index (χ4n) is 7.97. The molecule has 0 bridgehead atoms. The van der Waals surface area contributed by atoms with Gasteiger partial charge in [-0.15, -0.1) is 0 Å². The van der Waals surface area contributed by atoms with E-state index in [1.165, 1.54) is 44.1 Å². The van der Waals surface area contributed by atoms with Crippen molar-refractivity contribution < 1.29 is 0 Å². The van der Waals surface area contributed by atoms with Crippen LogP contribution in [-0.4, -0.2) is 18.7 Å². The number of fused-ring (bicyclic) bond motifs is 4.